The molecule has 5 heteroatoms. The lowest BCUT2D eigenvalue weighted by Gasteiger charge is -2.34. The van der Waals surface area contributed by atoms with E-state index >= 15 is 0 Å². The fourth-order valence-electron chi connectivity index (χ4n) is 4.21. The van der Waals surface area contributed by atoms with E-state index in [0.29, 0.717) is 11.4 Å². The van der Waals surface area contributed by atoms with Gasteiger partial charge in [-0.05, 0) is 23.8 Å². The summed E-state index contributed by atoms with van der Waals surface area (Å²) in [7, 11) is 1.74. The zero-order chi connectivity index (χ0) is 19.3. The van der Waals surface area contributed by atoms with Crippen molar-refractivity contribution >= 4 is 29.0 Å². The van der Waals surface area contributed by atoms with Crippen LogP contribution in [0.4, 0.5) is 16.2 Å². The van der Waals surface area contributed by atoms with E-state index in [1.165, 1.54) is 4.90 Å². The van der Waals surface area contributed by atoms with Crippen LogP contribution in [0.2, 0.25) is 0 Å². The molecule has 1 atom stereocenters. The molecule has 0 aromatic heterocycles. The number of para-hydroxylation sites is 2. The molecule has 0 N–H and O–H groups in total. The van der Waals surface area contributed by atoms with E-state index in [9.17, 15) is 9.59 Å². The zero-order valence-corrected chi connectivity index (χ0v) is 15.2. The van der Waals surface area contributed by atoms with Crippen LogP contribution in [0, 0.1) is 0 Å². The molecule has 5 rings (SSSR count). The van der Waals surface area contributed by atoms with Crippen molar-refractivity contribution in [1.82, 2.24) is 0 Å². The van der Waals surface area contributed by atoms with Crippen LogP contribution < -0.4 is 9.80 Å². The van der Waals surface area contributed by atoms with Gasteiger partial charge in [0.25, 0.3) is 5.91 Å². The highest BCUT2D eigenvalue weighted by Crippen LogP contribution is 2.50. The van der Waals surface area contributed by atoms with Gasteiger partial charge < -0.3 is 4.90 Å². The van der Waals surface area contributed by atoms with Gasteiger partial charge in [0.1, 0.15) is 0 Å². The smallest absolute Gasteiger partial charge is 0.312 e. The summed E-state index contributed by atoms with van der Waals surface area (Å²) in [5.41, 5.74) is 2.09. The van der Waals surface area contributed by atoms with Crippen molar-refractivity contribution in [3.63, 3.8) is 0 Å². The van der Waals surface area contributed by atoms with Crippen molar-refractivity contribution in [2.45, 2.75) is 5.54 Å². The monoisotopic (exact) mass is 367 g/mol. The van der Waals surface area contributed by atoms with Gasteiger partial charge in [0.05, 0.1) is 5.71 Å². The minimum absolute atomic E-state index is 0.189. The molecule has 2 aliphatic rings. The molecule has 0 radical (unpaired) electrons. The maximum Gasteiger partial charge on any atom is 0.349 e. The lowest BCUT2D eigenvalue weighted by Crippen LogP contribution is -2.55. The Kier molecular flexibility index (Phi) is 3.46. The second-order valence-electron chi connectivity index (χ2n) is 6.87. The molecule has 0 saturated carbocycles. The Morgan fingerprint density at radius 3 is 2.11 bits per heavy atom. The first-order valence-corrected chi connectivity index (χ1v) is 9.07. The maximum atomic E-state index is 13.8. The average molecular weight is 367 g/mol. The first-order chi connectivity index (χ1) is 13.7. The van der Waals surface area contributed by atoms with Gasteiger partial charge in [-0.15, -0.1) is 0 Å². The number of carbonyl (C=O) groups is 2. The lowest BCUT2D eigenvalue weighted by molar-refractivity contribution is -0.120. The summed E-state index contributed by atoms with van der Waals surface area (Å²) < 4.78 is 0. The predicted molar refractivity (Wildman–Crippen MR) is 109 cm³/mol. The molecule has 5 nitrogen and oxygen atoms in total. The number of nitrogens with zero attached hydrogens (tertiary/aromatic N) is 3. The number of amides is 3. The van der Waals surface area contributed by atoms with Gasteiger partial charge in [-0.1, -0.05) is 66.7 Å². The van der Waals surface area contributed by atoms with Crippen molar-refractivity contribution in [2.75, 3.05) is 16.8 Å². The number of fused-ring (bicyclic) bond motifs is 2. The largest absolute Gasteiger partial charge is 0.349 e. The number of carbonyl (C=O) groups excluding carboxylic acids is 2. The summed E-state index contributed by atoms with van der Waals surface area (Å²) in [6.07, 6.45) is 0. The van der Waals surface area contributed by atoms with Crippen molar-refractivity contribution in [3.8, 4) is 0 Å². The van der Waals surface area contributed by atoms with Crippen LogP contribution in [0.25, 0.3) is 0 Å². The van der Waals surface area contributed by atoms with Gasteiger partial charge in [0.15, 0.2) is 5.54 Å². The molecule has 0 fully saturated rings. The fourth-order valence-corrected chi connectivity index (χ4v) is 4.21. The summed E-state index contributed by atoms with van der Waals surface area (Å²) in [6.45, 7) is 0. The summed E-state index contributed by atoms with van der Waals surface area (Å²) in [5, 5.41) is 0. The third kappa shape index (κ3) is 1.98. The molecule has 1 spiro atoms. The van der Waals surface area contributed by atoms with E-state index in [-0.39, 0.29) is 5.91 Å². The molecule has 3 aromatic carbocycles. The highest BCUT2D eigenvalue weighted by atomic mass is 16.2. The van der Waals surface area contributed by atoms with Crippen LogP contribution in [-0.2, 0) is 10.3 Å². The SMILES string of the molecule is CN1C(=O)C2(C(c3ccccc3)=NC(=O)N2c2ccccc2)c2ccccc21. The van der Waals surface area contributed by atoms with Gasteiger partial charge in [-0.3, -0.25) is 9.69 Å². The van der Waals surface area contributed by atoms with Crippen LogP contribution in [-0.4, -0.2) is 24.7 Å². The Hall–Kier alpha value is -3.73. The Labute approximate surface area is 162 Å². The van der Waals surface area contributed by atoms with Crippen LogP contribution in [0.15, 0.2) is 89.9 Å². The molecule has 0 saturated heterocycles. The standard InChI is InChI=1S/C23H17N3O2/c1-25-19-15-9-8-14-18(19)23(21(25)27)20(16-10-4-2-5-11-16)24-22(28)26(23)17-12-6-3-7-13-17/h2-15H,1H3. The highest BCUT2D eigenvalue weighted by molar-refractivity contribution is 6.37. The van der Waals surface area contributed by atoms with E-state index in [0.717, 1.165) is 16.8 Å². The molecule has 3 amide bonds. The molecule has 28 heavy (non-hydrogen) atoms. The van der Waals surface area contributed by atoms with E-state index < -0.39 is 11.6 Å². The second kappa shape index (κ2) is 5.89. The third-order valence-electron chi connectivity index (χ3n) is 5.41. The summed E-state index contributed by atoms with van der Waals surface area (Å²) in [5.74, 6) is -0.189. The Balaban J connectivity index is 1.85. The third-order valence-corrected chi connectivity index (χ3v) is 5.41. The van der Waals surface area contributed by atoms with Gasteiger partial charge in [-0.2, -0.15) is 4.99 Å². The predicted octanol–water partition coefficient (Wildman–Crippen LogP) is 3.99. The first-order valence-electron chi connectivity index (χ1n) is 9.07. The topological polar surface area (TPSA) is 53.0 Å². The average Bonchev–Trinajstić information content (AvgIpc) is 3.17. The van der Waals surface area contributed by atoms with E-state index in [1.807, 2.05) is 84.9 Å². The maximum absolute atomic E-state index is 13.8. The second-order valence-corrected chi connectivity index (χ2v) is 6.87. The Bertz CT molecular complexity index is 1120. The van der Waals surface area contributed by atoms with Crippen molar-refractivity contribution in [1.29, 1.82) is 0 Å². The van der Waals surface area contributed by atoms with E-state index in [4.69, 9.17) is 0 Å². The quantitative estimate of drug-likeness (QED) is 0.688. The number of aliphatic imine (C=N–C) groups is 1. The molecule has 1 unspecified atom stereocenters. The summed E-state index contributed by atoms with van der Waals surface area (Å²) in [4.78, 5) is 34.4. The fraction of sp³-hybridized carbons (Fsp3) is 0.0870. The van der Waals surface area contributed by atoms with Crippen molar-refractivity contribution in [3.05, 3.63) is 96.1 Å². The van der Waals surface area contributed by atoms with Crippen LogP contribution in [0.5, 0.6) is 0 Å². The Morgan fingerprint density at radius 1 is 0.786 bits per heavy atom. The number of rotatable bonds is 2. The molecule has 136 valence electrons. The summed E-state index contributed by atoms with van der Waals surface area (Å²) >= 11 is 0. The molecule has 3 aromatic rings. The Morgan fingerprint density at radius 2 is 1.39 bits per heavy atom. The molecular weight excluding hydrogens is 350 g/mol. The summed E-state index contributed by atoms with van der Waals surface area (Å²) in [6, 6.07) is 25.8. The molecule has 2 heterocycles. The number of hydrogen-bond donors (Lipinski definition) is 0. The van der Waals surface area contributed by atoms with Crippen LogP contribution in [0.3, 0.4) is 0 Å². The van der Waals surface area contributed by atoms with E-state index in [1.54, 1.807) is 11.9 Å². The minimum Gasteiger partial charge on any atom is -0.312 e. The molecular formula is C23H17N3O2. The highest BCUT2D eigenvalue weighted by Gasteiger charge is 2.62. The van der Waals surface area contributed by atoms with Gasteiger partial charge in [0.2, 0.25) is 0 Å². The van der Waals surface area contributed by atoms with Crippen molar-refractivity contribution in [2.24, 2.45) is 4.99 Å². The number of anilines is 2. The zero-order valence-electron chi connectivity index (χ0n) is 15.2. The normalized spacial score (nSPS) is 20.7. The molecule has 0 bridgehead atoms. The molecule has 0 aliphatic carbocycles. The van der Waals surface area contributed by atoms with Gasteiger partial charge >= 0.3 is 6.03 Å². The van der Waals surface area contributed by atoms with Crippen molar-refractivity contribution < 1.29 is 9.59 Å². The molecule has 2 aliphatic heterocycles. The number of urea groups is 1. The first kappa shape index (κ1) is 16.4. The number of benzene rings is 3. The van der Waals surface area contributed by atoms with Gasteiger partial charge in [0, 0.05) is 24.0 Å². The minimum atomic E-state index is -1.31. The number of hydrogen-bond acceptors (Lipinski definition) is 2. The van der Waals surface area contributed by atoms with E-state index in [2.05, 4.69) is 4.99 Å². The number of likely N-dealkylation sites (N-methyl/N-ethyl adjacent to an activating group) is 1. The van der Waals surface area contributed by atoms with Crippen LogP contribution >= 0.6 is 0 Å². The lowest BCUT2D eigenvalue weighted by atomic mass is 9.82. The van der Waals surface area contributed by atoms with Gasteiger partial charge in [-0.25, -0.2) is 4.79 Å². The van der Waals surface area contributed by atoms with Crippen LogP contribution in [0.1, 0.15) is 11.1 Å².